The maximum Gasteiger partial charge on any atom is 0.180 e. The Kier molecular flexibility index (Phi) is 2.63. The topological polar surface area (TPSA) is 65.2 Å². The number of aromatic nitrogens is 1. The lowest BCUT2D eigenvalue weighted by atomic mass is 10.0. The van der Waals surface area contributed by atoms with Crippen LogP contribution in [0.4, 0.5) is 5.82 Å². The first kappa shape index (κ1) is 11.6. The molecular weight excluding hydrogens is 240 g/mol. The smallest absolute Gasteiger partial charge is 0.180 e. The molecule has 0 amide bonds. The van der Waals surface area contributed by atoms with Gasteiger partial charge in [-0.1, -0.05) is 35.0 Å². The third kappa shape index (κ3) is 2.01. The molecule has 0 aliphatic rings. The van der Waals surface area contributed by atoms with Gasteiger partial charge in [0.2, 0.25) is 0 Å². The average molecular weight is 254 g/mol. The molecule has 0 fully saturated rings. The second kappa shape index (κ2) is 4.31. The number of aryl methyl sites for hydroxylation is 2. The molecule has 0 radical (unpaired) electrons. The molecule has 96 valence electrons. The number of benzene rings is 1. The van der Waals surface area contributed by atoms with Crippen LogP contribution in [0, 0.1) is 13.8 Å². The molecule has 0 spiro atoms. The van der Waals surface area contributed by atoms with Crippen molar-refractivity contribution in [2.75, 3.05) is 5.73 Å². The van der Waals surface area contributed by atoms with Crippen LogP contribution in [-0.4, -0.2) is 5.16 Å². The van der Waals surface area contributed by atoms with E-state index in [1.807, 2.05) is 38.1 Å². The van der Waals surface area contributed by atoms with Crippen LogP contribution in [0.3, 0.4) is 0 Å². The molecule has 19 heavy (non-hydrogen) atoms. The van der Waals surface area contributed by atoms with Crippen molar-refractivity contribution in [3.8, 4) is 22.5 Å². The molecular formula is C15H14N2O2. The first-order valence-corrected chi connectivity index (χ1v) is 6.03. The largest absolute Gasteiger partial charge is 0.469 e. The van der Waals surface area contributed by atoms with Crippen molar-refractivity contribution in [1.82, 2.24) is 5.16 Å². The molecule has 0 aliphatic carbocycles. The highest BCUT2D eigenvalue weighted by Gasteiger charge is 2.18. The standard InChI is InChI=1S/C15H14N2O2/c1-9-4-3-5-11(6-9)13-14(19-17-15(13)16)12-7-10(2)18-8-12/h3-8H,1-2H3,(H2,16,17). The Morgan fingerprint density at radius 1 is 1.11 bits per heavy atom. The average Bonchev–Trinajstić information content (AvgIpc) is 2.95. The number of nitrogen functional groups attached to an aromatic ring is 1. The fraction of sp³-hybridized carbons (Fsp3) is 0.133. The Hall–Kier alpha value is -2.49. The minimum atomic E-state index is 0.388. The number of hydrogen-bond acceptors (Lipinski definition) is 4. The van der Waals surface area contributed by atoms with E-state index in [1.165, 1.54) is 0 Å². The Bertz CT molecular complexity index is 725. The van der Waals surface area contributed by atoms with Gasteiger partial charge in [-0.15, -0.1) is 0 Å². The van der Waals surface area contributed by atoms with Gasteiger partial charge in [0, 0.05) is 0 Å². The summed E-state index contributed by atoms with van der Waals surface area (Å²) in [6.45, 7) is 3.92. The van der Waals surface area contributed by atoms with Gasteiger partial charge in [0.15, 0.2) is 11.6 Å². The predicted octanol–water partition coefficient (Wildman–Crippen LogP) is 3.80. The summed E-state index contributed by atoms with van der Waals surface area (Å²) in [7, 11) is 0. The van der Waals surface area contributed by atoms with E-state index in [-0.39, 0.29) is 0 Å². The van der Waals surface area contributed by atoms with Gasteiger partial charge in [0.25, 0.3) is 0 Å². The summed E-state index contributed by atoms with van der Waals surface area (Å²) in [5.41, 5.74) is 9.74. The minimum Gasteiger partial charge on any atom is -0.469 e. The summed E-state index contributed by atoms with van der Waals surface area (Å²) in [5.74, 6) is 1.85. The molecule has 0 aliphatic heterocycles. The number of furan rings is 1. The lowest BCUT2D eigenvalue weighted by molar-refractivity contribution is 0.435. The van der Waals surface area contributed by atoms with Gasteiger partial charge in [0.05, 0.1) is 11.1 Å². The number of hydrogen-bond donors (Lipinski definition) is 1. The zero-order chi connectivity index (χ0) is 13.4. The van der Waals surface area contributed by atoms with Crippen LogP contribution in [0.1, 0.15) is 11.3 Å². The summed E-state index contributed by atoms with van der Waals surface area (Å²) in [6.07, 6.45) is 1.65. The third-order valence-corrected chi connectivity index (χ3v) is 3.02. The summed E-state index contributed by atoms with van der Waals surface area (Å²) in [5, 5.41) is 3.87. The van der Waals surface area contributed by atoms with Gasteiger partial charge in [-0.3, -0.25) is 0 Å². The number of rotatable bonds is 2. The Morgan fingerprint density at radius 2 is 1.95 bits per heavy atom. The molecule has 2 N–H and O–H groups in total. The normalized spacial score (nSPS) is 10.8. The van der Waals surface area contributed by atoms with E-state index >= 15 is 0 Å². The summed E-state index contributed by atoms with van der Waals surface area (Å²) in [6, 6.07) is 9.97. The van der Waals surface area contributed by atoms with E-state index in [4.69, 9.17) is 14.7 Å². The summed E-state index contributed by atoms with van der Waals surface area (Å²) >= 11 is 0. The van der Waals surface area contributed by atoms with Gasteiger partial charge >= 0.3 is 0 Å². The van der Waals surface area contributed by atoms with Crippen LogP contribution in [0.2, 0.25) is 0 Å². The molecule has 3 aromatic rings. The van der Waals surface area contributed by atoms with Crippen LogP contribution < -0.4 is 5.73 Å². The molecule has 0 saturated carbocycles. The van der Waals surface area contributed by atoms with Crippen molar-refractivity contribution in [2.24, 2.45) is 0 Å². The van der Waals surface area contributed by atoms with E-state index in [9.17, 15) is 0 Å². The molecule has 1 aromatic carbocycles. The van der Waals surface area contributed by atoms with Crippen molar-refractivity contribution in [2.45, 2.75) is 13.8 Å². The van der Waals surface area contributed by atoms with Crippen LogP contribution in [0.5, 0.6) is 0 Å². The molecule has 2 aromatic heterocycles. The lowest BCUT2D eigenvalue weighted by Gasteiger charge is -2.02. The molecule has 0 unspecified atom stereocenters. The number of anilines is 1. The highest BCUT2D eigenvalue weighted by molar-refractivity contribution is 5.86. The van der Waals surface area contributed by atoms with Crippen LogP contribution in [0.25, 0.3) is 22.5 Å². The van der Waals surface area contributed by atoms with Crippen molar-refractivity contribution < 1.29 is 8.94 Å². The lowest BCUT2D eigenvalue weighted by Crippen LogP contribution is -1.89. The van der Waals surface area contributed by atoms with Crippen LogP contribution in [-0.2, 0) is 0 Å². The third-order valence-electron chi connectivity index (χ3n) is 3.02. The second-order valence-electron chi connectivity index (χ2n) is 4.59. The van der Waals surface area contributed by atoms with E-state index in [1.54, 1.807) is 6.26 Å². The Morgan fingerprint density at radius 3 is 2.63 bits per heavy atom. The Labute approximate surface area is 110 Å². The van der Waals surface area contributed by atoms with Gasteiger partial charge in [0.1, 0.15) is 12.0 Å². The molecule has 0 bridgehead atoms. The van der Waals surface area contributed by atoms with Crippen molar-refractivity contribution in [3.05, 3.63) is 47.9 Å². The van der Waals surface area contributed by atoms with Gasteiger partial charge in [-0.25, -0.2) is 0 Å². The van der Waals surface area contributed by atoms with Crippen LogP contribution in [0.15, 0.2) is 45.5 Å². The maximum atomic E-state index is 5.93. The monoisotopic (exact) mass is 254 g/mol. The fourth-order valence-electron chi connectivity index (χ4n) is 2.14. The van der Waals surface area contributed by atoms with Crippen molar-refractivity contribution >= 4 is 5.82 Å². The summed E-state index contributed by atoms with van der Waals surface area (Å²) in [4.78, 5) is 0. The van der Waals surface area contributed by atoms with E-state index < -0.39 is 0 Å². The molecule has 0 saturated heterocycles. The fourth-order valence-corrected chi connectivity index (χ4v) is 2.14. The first-order valence-electron chi connectivity index (χ1n) is 6.03. The zero-order valence-corrected chi connectivity index (χ0v) is 10.8. The molecule has 0 atom stereocenters. The van der Waals surface area contributed by atoms with E-state index in [0.717, 1.165) is 28.0 Å². The Balaban J connectivity index is 2.19. The highest BCUT2D eigenvalue weighted by Crippen LogP contribution is 2.37. The SMILES string of the molecule is Cc1cccc(-c2c(N)noc2-c2coc(C)c2)c1. The maximum absolute atomic E-state index is 5.93. The second-order valence-corrected chi connectivity index (χ2v) is 4.59. The molecule has 2 heterocycles. The van der Waals surface area contributed by atoms with E-state index in [2.05, 4.69) is 11.2 Å². The quantitative estimate of drug-likeness (QED) is 0.755. The molecule has 4 heteroatoms. The van der Waals surface area contributed by atoms with Crippen LogP contribution >= 0.6 is 0 Å². The predicted molar refractivity (Wildman–Crippen MR) is 73.5 cm³/mol. The van der Waals surface area contributed by atoms with E-state index in [0.29, 0.717) is 11.6 Å². The van der Waals surface area contributed by atoms with Gasteiger partial charge in [-0.05, 0) is 25.5 Å². The molecule has 4 nitrogen and oxygen atoms in total. The van der Waals surface area contributed by atoms with Crippen molar-refractivity contribution in [3.63, 3.8) is 0 Å². The zero-order valence-electron chi connectivity index (χ0n) is 10.8. The highest BCUT2D eigenvalue weighted by atomic mass is 16.5. The minimum absolute atomic E-state index is 0.388. The first-order chi connectivity index (χ1) is 9.15. The summed E-state index contributed by atoms with van der Waals surface area (Å²) < 4.78 is 10.7. The van der Waals surface area contributed by atoms with Gasteiger partial charge < -0.3 is 14.7 Å². The number of nitrogens with zero attached hydrogens (tertiary/aromatic N) is 1. The van der Waals surface area contributed by atoms with Gasteiger partial charge in [-0.2, -0.15) is 0 Å². The van der Waals surface area contributed by atoms with Crippen molar-refractivity contribution in [1.29, 1.82) is 0 Å². The molecule has 3 rings (SSSR count). The number of nitrogens with two attached hydrogens (primary N) is 1.